The molecule has 3 rings (SSSR count). The van der Waals surface area contributed by atoms with Crippen LogP contribution in [0.4, 0.5) is 0 Å². The minimum absolute atomic E-state index is 0.00918. The van der Waals surface area contributed by atoms with E-state index in [4.69, 9.17) is 0 Å². The van der Waals surface area contributed by atoms with Crippen molar-refractivity contribution >= 4 is 15.9 Å². The van der Waals surface area contributed by atoms with Crippen LogP contribution >= 0.6 is 0 Å². The predicted molar refractivity (Wildman–Crippen MR) is 115 cm³/mol. The second-order valence-corrected chi connectivity index (χ2v) is 9.89. The van der Waals surface area contributed by atoms with Crippen LogP contribution in [0.2, 0.25) is 0 Å². The summed E-state index contributed by atoms with van der Waals surface area (Å²) in [6.45, 7) is 6.91. The molecule has 29 heavy (non-hydrogen) atoms. The summed E-state index contributed by atoms with van der Waals surface area (Å²) >= 11 is 0. The molecule has 156 valence electrons. The molecule has 1 fully saturated rings. The van der Waals surface area contributed by atoms with Gasteiger partial charge < -0.3 is 4.90 Å². The molecular weight excluding hydrogens is 384 g/mol. The highest BCUT2D eigenvalue weighted by atomic mass is 32.2. The van der Waals surface area contributed by atoms with Gasteiger partial charge in [0.05, 0.1) is 4.90 Å². The fraction of sp³-hybridized carbons (Fsp3) is 0.435. The average Bonchev–Trinajstić information content (AvgIpc) is 2.72. The van der Waals surface area contributed by atoms with Gasteiger partial charge in [0, 0.05) is 30.7 Å². The first-order chi connectivity index (χ1) is 13.8. The highest BCUT2D eigenvalue weighted by molar-refractivity contribution is 7.89. The van der Waals surface area contributed by atoms with E-state index in [2.05, 4.69) is 0 Å². The summed E-state index contributed by atoms with van der Waals surface area (Å²) in [5.41, 5.74) is 1.45. The Morgan fingerprint density at radius 2 is 1.83 bits per heavy atom. The zero-order valence-corrected chi connectivity index (χ0v) is 18.2. The third-order valence-corrected chi connectivity index (χ3v) is 7.52. The molecule has 1 saturated heterocycles. The Kier molecular flexibility index (Phi) is 6.75. The molecule has 0 bridgehead atoms. The van der Waals surface area contributed by atoms with Crippen LogP contribution < -0.4 is 0 Å². The van der Waals surface area contributed by atoms with Crippen molar-refractivity contribution in [1.82, 2.24) is 9.21 Å². The lowest BCUT2D eigenvalue weighted by Gasteiger charge is -2.32. The van der Waals surface area contributed by atoms with Crippen molar-refractivity contribution in [3.63, 3.8) is 0 Å². The molecule has 1 aliphatic rings. The standard InChI is InChI=1S/C23H30N2O3S/c1-18(2)24(17-20-11-5-4-6-12-20)23(26)21-13-9-14-22(16-21)29(27,28)25-15-8-7-10-19(25)3/h4-6,9,11-14,16,18-19H,7-8,10,15,17H2,1-3H3. The van der Waals surface area contributed by atoms with E-state index in [0.29, 0.717) is 18.7 Å². The van der Waals surface area contributed by atoms with Gasteiger partial charge >= 0.3 is 0 Å². The molecule has 1 aliphatic heterocycles. The molecule has 1 atom stereocenters. The van der Waals surface area contributed by atoms with Crippen LogP contribution in [-0.2, 0) is 16.6 Å². The SMILES string of the molecule is CC(C)N(Cc1ccccc1)C(=O)c1cccc(S(=O)(=O)N2CCCCC2C)c1. The van der Waals surface area contributed by atoms with Crippen LogP contribution in [0.15, 0.2) is 59.5 Å². The summed E-state index contributed by atoms with van der Waals surface area (Å²) in [7, 11) is -3.61. The number of benzene rings is 2. The number of nitrogens with zero attached hydrogens (tertiary/aromatic N) is 2. The first kappa shape index (κ1) is 21.5. The second kappa shape index (κ2) is 9.09. The molecule has 6 heteroatoms. The fourth-order valence-corrected chi connectivity index (χ4v) is 5.53. The predicted octanol–water partition coefficient (Wildman–Crippen LogP) is 4.30. The van der Waals surface area contributed by atoms with Gasteiger partial charge in [-0.1, -0.05) is 42.8 Å². The van der Waals surface area contributed by atoms with Gasteiger partial charge in [0.25, 0.3) is 5.91 Å². The summed E-state index contributed by atoms with van der Waals surface area (Å²) in [6.07, 6.45) is 2.80. The average molecular weight is 415 g/mol. The normalized spacial score (nSPS) is 18.0. The van der Waals surface area contributed by atoms with Crippen molar-refractivity contribution in [2.75, 3.05) is 6.54 Å². The third-order valence-electron chi connectivity index (χ3n) is 5.51. The smallest absolute Gasteiger partial charge is 0.254 e. The van der Waals surface area contributed by atoms with Crippen LogP contribution in [0.5, 0.6) is 0 Å². The molecule has 0 N–H and O–H groups in total. The number of sulfonamides is 1. The first-order valence-electron chi connectivity index (χ1n) is 10.3. The largest absolute Gasteiger partial charge is 0.332 e. The molecule has 5 nitrogen and oxygen atoms in total. The molecule has 1 amide bonds. The maximum absolute atomic E-state index is 13.2. The van der Waals surface area contributed by atoms with Crippen LogP contribution in [0, 0.1) is 0 Å². The zero-order chi connectivity index (χ0) is 21.0. The minimum Gasteiger partial charge on any atom is -0.332 e. The van der Waals surface area contributed by atoms with Gasteiger partial charge in [-0.25, -0.2) is 8.42 Å². The number of rotatable bonds is 6. The fourth-order valence-electron chi connectivity index (χ4n) is 3.79. The third kappa shape index (κ3) is 4.87. The summed E-state index contributed by atoms with van der Waals surface area (Å²) in [4.78, 5) is 15.2. The van der Waals surface area contributed by atoms with Crippen molar-refractivity contribution in [2.24, 2.45) is 0 Å². The molecule has 1 unspecified atom stereocenters. The Bertz CT molecular complexity index is 942. The van der Waals surface area contributed by atoms with Crippen LogP contribution in [0.3, 0.4) is 0 Å². The van der Waals surface area contributed by atoms with Crippen molar-refractivity contribution in [2.45, 2.75) is 63.6 Å². The summed E-state index contributed by atoms with van der Waals surface area (Å²) in [5.74, 6) is -0.160. The van der Waals surface area contributed by atoms with Crippen LogP contribution in [0.1, 0.15) is 56.0 Å². The van der Waals surface area contributed by atoms with Gasteiger partial charge in [0.1, 0.15) is 0 Å². The van der Waals surface area contributed by atoms with Crippen molar-refractivity contribution in [1.29, 1.82) is 0 Å². The van der Waals surface area contributed by atoms with Gasteiger partial charge in [-0.15, -0.1) is 0 Å². The molecule has 0 radical (unpaired) electrons. The monoisotopic (exact) mass is 414 g/mol. The maximum Gasteiger partial charge on any atom is 0.254 e. The lowest BCUT2D eigenvalue weighted by Crippen LogP contribution is -2.42. The Hall–Kier alpha value is -2.18. The molecule has 0 aliphatic carbocycles. The van der Waals surface area contributed by atoms with Gasteiger partial charge in [-0.05, 0) is 57.4 Å². The molecule has 0 aromatic heterocycles. The molecule has 0 saturated carbocycles. The number of piperidine rings is 1. The van der Waals surface area contributed by atoms with E-state index >= 15 is 0 Å². The van der Waals surface area contributed by atoms with Crippen LogP contribution in [-0.4, -0.2) is 42.2 Å². The highest BCUT2D eigenvalue weighted by Crippen LogP contribution is 2.26. The van der Waals surface area contributed by atoms with E-state index in [9.17, 15) is 13.2 Å². The quantitative estimate of drug-likeness (QED) is 0.708. The van der Waals surface area contributed by atoms with Crippen molar-refractivity contribution in [3.8, 4) is 0 Å². The van der Waals surface area contributed by atoms with E-state index in [1.54, 1.807) is 27.4 Å². The van der Waals surface area contributed by atoms with Crippen molar-refractivity contribution in [3.05, 3.63) is 65.7 Å². The Labute approximate surface area is 174 Å². The number of hydrogen-bond donors (Lipinski definition) is 0. The van der Waals surface area contributed by atoms with Gasteiger partial charge in [0.2, 0.25) is 10.0 Å². The number of carbonyl (C=O) groups is 1. The summed E-state index contributed by atoms with van der Waals surface area (Å²) in [6, 6.07) is 16.3. The number of hydrogen-bond acceptors (Lipinski definition) is 3. The molecule has 1 heterocycles. The summed E-state index contributed by atoms with van der Waals surface area (Å²) in [5, 5.41) is 0. The van der Waals surface area contributed by atoms with E-state index in [1.165, 1.54) is 6.07 Å². The lowest BCUT2D eigenvalue weighted by atomic mass is 10.1. The Morgan fingerprint density at radius 3 is 2.48 bits per heavy atom. The highest BCUT2D eigenvalue weighted by Gasteiger charge is 2.31. The van der Waals surface area contributed by atoms with E-state index in [0.717, 1.165) is 24.8 Å². The van der Waals surface area contributed by atoms with Gasteiger partial charge in [0.15, 0.2) is 0 Å². The van der Waals surface area contributed by atoms with Gasteiger partial charge in [-0.3, -0.25) is 4.79 Å². The molecule has 2 aromatic carbocycles. The maximum atomic E-state index is 13.2. The van der Waals surface area contributed by atoms with E-state index < -0.39 is 10.0 Å². The van der Waals surface area contributed by atoms with Crippen LogP contribution in [0.25, 0.3) is 0 Å². The van der Waals surface area contributed by atoms with E-state index in [1.807, 2.05) is 51.1 Å². The minimum atomic E-state index is -3.61. The number of carbonyl (C=O) groups excluding carboxylic acids is 1. The Morgan fingerprint density at radius 1 is 1.10 bits per heavy atom. The summed E-state index contributed by atoms with van der Waals surface area (Å²) < 4.78 is 27.9. The Balaban J connectivity index is 1.88. The number of amides is 1. The zero-order valence-electron chi connectivity index (χ0n) is 17.4. The van der Waals surface area contributed by atoms with Gasteiger partial charge in [-0.2, -0.15) is 4.31 Å². The first-order valence-corrected chi connectivity index (χ1v) is 11.7. The van der Waals surface area contributed by atoms with Crippen molar-refractivity contribution < 1.29 is 13.2 Å². The second-order valence-electron chi connectivity index (χ2n) is 8.00. The topological polar surface area (TPSA) is 57.7 Å². The molecule has 0 spiro atoms. The molecular formula is C23H30N2O3S. The molecule has 2 aromatic rings. The lowest BCUT2D eigenvalue weighted by molar-refractivity contribution is 0.0690. The van der Waals surface area contributed by atoms with E-state index in [-0.39, 0.29) is 22.9 Å².